The van der Waals surface area contributed by atoms with Crippen LogP contribution >= 0.6 is 0 Å². The average Bonchev–Trinajstić information content (AvgIpc) is 2.57. The molecular formula is C16H14F2N2O4. The SMILES string of the molecule is COC(=O)C(CNc1ccc(F)cc1[N+](=O)[O-])c1ccc(F)cc1. The zero-order valence-corrected chi connectivity index (χ0v) is 12.7. The molecule has 2 aromatic carbocycles. The zero-order chi connectivity index (χ0) is 17.7. The van der Waals surface area contributed by atoms with Crippen LogP contribution in [0, 0.1) is 21.7 Å². The zero-order valence-electron chi connectivity index (χ0n) is 12.7. The Kier molecular flexibility index (Phi) is 5.41. The van der Waals surface area contributed by atoms with Gasteiger partial charge in [-0.3, -0.25) is 14.9 Å². The Morgan fingerprint density at radius 2 is 1.83 bits per heavy atom. The quantitative estimate of drug-likeness (QED) is 0.497. The maximum Gasteiger partial charge on any atom is 0.314 e. The summed E-state index contributed by atoms with van der Waals surface area (Å²) in [6.07, 6.45) is 0. The summed E-state index contributed by atoms with van der Waals surface area (Å²) in [5.41, 5.74) is 0.107. The second-order valence-electron chi connectivity index (χ2n) is 4.93. The Bertz CT molecular complexity index is 750. The number of esters is 1. The van der Waals surface area contributed by atoms with E-state index in [1.165, 1.54) is 37.4 Å². The van der Waals surface area contributed by atoms with Crippen molar-refractivity contribution in [2.75, 3.05) is 19.0 Å². The van der Waals surface area contributed by atoms with Crippen molar-refractivity contribution >= 4 is 17.3 Å². The van der Waals surface area contributed by atoms with Crippen LogP contribution in [0.5, 0.6) is 0 Å². The first-order chi connectivity index (χ1) is 11.4. The summed E-state index contributed by atoms with van der Waals surface area (Å²) in [5, 5.41) is 13.7. The second kappa shape index (κ2) is 7.49. The number of hydrogen-bond acceptors (Lipinski definition) is 5. The minimum Gasteiger partial charge on any atom is -0.468 e. The largest absolute Gasteiger partial charge is 0.468 e. The van der Waals surface area contributed by atoms with E-state index in [2.05, 4.69) is 5.32 Å². The van der Waals surface area contributed by atoms with Crippen LogP contribution in [0.25, 0.3) is 0 Å². The second-order valence-corrected chi connectivity index (χ2v) is 4.93. The van der Waals surface area contributed by atoms with E-state index in [0.717, 1.165) is 12.1 Å². The topological polar surface area (TPSA) is 81.5 Å². The number of benzene rings is 2. The van der Waals surface area contributed by atoms with Crippen molar-refractivity contribution in [2.24, 2.45) is 0 Å². The number of halogens is 2. The fourth-order valence-corrected chi connectivity index (χ4v) is 2.19. The maximum atomic E-state index is 13.2. The number of hydrogen-bond donors (Lipinski definition) is 1. The number of ether oxygens (including phenoxy) is 1. The number of nitrogens with zero attached hydrogens (tertiary/aromatic N) is 1. The molecule has 2 rings (SSSR count). The fourth-order valence-electron chi connectivity index (χ4n) is 2.19. The summed E-state index contributed by atoms with van der Waals surface area (Å²) < 4.78 is 30.9. The molecule has 0 saturated carbocycles. The molecule has 0 aliphatic rings. The number of methoxy groups -OCH3 is 1. The molecular weight excluding hydrogens is 322 g/mol. The lowest BCUT2D eigenvalue weighted by molar-refractivity contribution is -0.384. The summed E-state index contributed by atoms with van der Waals surface area (Å²) >= 11 is 0. The van der Waals surface area contributed by atoms with E-state index in [1.54, 1.807) is 0 Å². The Morgan fingerprint density at radius 1 is 1.21 bits per heavy atom. The van der Waals surface area contributed by atoms with Gasteiger partial charge in [-0.15, -0.1) is 0 Å². The highest BCUT2D eigenvalue weighted by atomic mass is 19.1. The van der Waals surface area contributed by atoms with Gasteiger partial charge in [-0.1, -0.05) is 12.1 Å². The van der Waals surface area contributed by atoms with Crippen molar-refractivity contribution in [3.63, 3.8) is 0 Å². The fraction of sp³-hybridized carbons (Fsp3) is 0.188. The highest BCUT2D eigenvalue weighted by Gasteiger charge is 2.23. The van der Waals surface area contributed by atoms with E-state index >= 15 is 0 Å². The normalized spacial score (nSPS) is 11.6. The lowest BCUT2D eigenvalue weighted by Crippen LogP contribution is -2.23. The number of carbonyl (C=O) groups is 1. The number of nitrogens with one attached hydrogen (secondary N) is 1. The van der Waals surface area contributed by atoms with Crippen LogP contribution in [0.1, 0.15) is 11.5 Å². The van der Waals surface area contributed by atoms with Crippen LogP contribution in [0.2, 0.25) is 0 Å². The first-order valence-corrected chi connectivity index (χ1v) is 6.93. The maximum absolute atomic E-state index is 13.2. The van der Waals surface area contributed by atoms with E-state index in [9.17, 15) is 23.7 Å². The van der Waals surface area contributed by atoms with Crippen LogP contribution in [-0.2, 0) is 9.53 Å². The van der Waals surface area contributed by atoms with Gasteiger partial charge in [0, 0.05) is 6.54 Å². The minimum absolute atomic E-state index is 0.0369. The molecule has 8 heteroatoms. The summed E-state index contributed by atoms with van der Waals surface area (Å²) in [6.45, 7) is -0.0369. The average molecular weight is 336 g/mol. The molecule has 2 aromatic rings. The lowest BCUT2D eigenvalue weighted by Gasteiger charge is -2.16. The van der Waals surface area contributed by atoms with E-state index in [0.29, 0.717) is 5.56 Å². The molecule has 0 bridgehead atoms. The molecule has 1 unspecified atom stereocenters. The predicted octanol–water partition coefficient (Wildman–Crippen LogP) is 3.24. The Morgan fingerprint density at radius 3 is 2.42 bits per heavy atom. The van der Waals surface area contributed by atoms with E-state index < -0.39 is 34.1 Å². The van der Waals surface area contributed by atoms with Gasteiger partial charge in [-0.2, -0.15) is 0 Å². The summed E-state index contributed by atoms with van der Waals surface area (Å²) in [4.78, 5) is 22.2. The molecule has 0 saturated heterocycles. The van der Waals surface area contributed by atoms with Crippen molar-refractivity contribution in [1.29, 1.82) is 0 Å². The standard InChI is InChI=1S/C16H14F2N2O4/c1-24-16(21)13(10-2-4-11(17)5-3-10)9-19-14-7-6-12(18)8-15(14)20(22)23/h2-8,13,19H,9H2,1H3. The molecule has 0 fully saturated rings. The van der Waals surface area contributed by atoms with E-state index in [1.807, 2.05) is 0 Å². The Hall–Kier alpha value is -3.03. The molecule has 1 N–H and O–H groups in total. The van der Waals surface area contributed by atoms with Crippen molar-refractivity contribution < 1.29 is 23.2 Å². The molecule has 0 radical (unpaired) electrons. The predicted molar refractivity (Wildman–Crippen MR) is 82.7 cm³/mol. The van der Waals surface area contributed by atoms with Crippen LogP contribution in [0.15, 0.2) is 42.5 Å². The third-order valence-corrected chi connectivity index (χ3v) is 3.41. The van der Waals surface area contributed by atoms with Crippen molar-refractivity contribution in [1.82, 2.24) is 0 Å². The summed E-state index contributed by atoms with van der Waals surface area (Å²) in [7, 11) is 1.21. The number of nitro groups is 1. The van der Waals surface area contributed by atoms with Crippen molar-refractivity contribution in [2.45, 2.75) is 5.92 Å². The molecule has 0 aromatic heterocycles. The Balaban J connectivity index is 2.24. The highest BCUT2D eigenvalue weighted by molar-refractivity contribution is 5.79. The van der Waals surface area contributed by atoms with Gasteiger partial charge in [0.1, 0.15) is 17.3 Å². The van der Waals surface area contributed by atoms with Crippen molar-refractivity contribution in [3.05, 3.63) is 69.8 Å². The van der Waals surface area contributed by atoms with Gasteiger partial charge >= 0.3 is 5.97 Å². The number of anilines is 1. The van der Waals surface area contributed by atoms with E-state index in [4.69, 9.17) is 4.74 Å². The van der Waals surface area contributed by atoms with Gasteiger partial charge in [0.15, 0.2) is 0 Å². The van der Waals surface area contributed by atoms with Crippen LogP contribution < -0.4 is 5.32 Å². The minimum atomic E-state index is -0.805. The first-order valence-electron chi connectivity index (χ1n) is 6.93. The van der Waals surface area contributed by atoms with Gasteiger partial charge in [-0.25, -0.2) is 8.78 Å². The lowest BCUT2D eigenvalue weighted by atomic mass is 9.99. The number of nitro benzene ring substituents is 1. The molecule has 1 atom stereocenters. The molecule has 6 nitrogen and oxygen atoms in total. The highest BCUT2D eigenvalue weighted by Crippen LogP contribution is 2.26. The van der Waals surface area contributed by atoms with Gasteiger partial charge in [0.25, 0.3) is 5.69 Å². The molecule has 24 heavy (non-hydrogen) atoms. The van der Waals surface area contributed by atoms with Crippen LogP contribution in [0.4, 0.5) is 20.2 Å². The van der Waals surface area contributed by atoms with Gasteiger partial charge in [0.2, 0.25) is 0 Å². The summed E-state index contributed by atoms with van der Waals surface area (Å²) in [6, 6.07) is 8.33. The number of rotatable bonds is 6. The van der Waals surface area contributed by atoms with Gasteiger partial charge in [-0.05, 0) is 29.8 Å². The van der Waals surface area contributed by atoms with Crippen molar-refractivity contribution in [3.8, 4) is 0 Å². The third-order valence-electron chi connectivity index (χ3n) is 3.41. The van der Waals surface area contributed by atoms with Gasteiger partial charge < -0.3 is 10.1 Å². The van der Waals surface area contributed by atoms with Crippen LogP contribution in [-0.4, -0.2) is 24.5 Å². The molecule has 0 amide bonds. The monoisotopic (exact) mass is 336 g/mol. The third kappa shape index (κ3) is 4.03. The summed E-state index contributed by atoms with van der Waals surface area (Å²) in [5.74, 6) is -2.58. The molecule has 126 valence electrons. The molecule has 0 spiro atoms. The molecule has 0 aliphatic carbocycles. The van der Waals surface area contributed by atoms with Crippen LogP contribution in [0.3, 0.4) is 0 Å². The smallest absolute Gasteiger partial charge is 0.314 e. The molecule has 0 heterocycles. The Labute approximate surface area is 136 Å². The van der Waals surface area contributed by atoms with E-state index in [-0.39, 0.29) is 12.2 Å². The molecule has 0 aliphatic heterocycles. The first kappa shape index (κ1) is 17.3. The van der Waals surface area contributed by atoms with Gasteiger partial charge in [0.05, 0.1) is 24.0 Å². The number of carbonyl (C=O) groups excluding carboxylic acids is 1.